The molecule has 8 nitrogen and oxygen atoms in total. The van der Waals surface area contributed by atoms with E-state index >= 15 is 0 Å². The molecule has 0 aliphatic heterocycles. The van der Waals surface area contributed by atoms with Crippen molar-refractivity contribution < 1.29 is 9.66 Å². The van der Waals surface area contributed by atoms with Gasteiger partial charge in [-0.2, -0.15) is 10.2 Å². The minimum absolute atomic E-state index is 0.00115. The lowest BCUT2D eigenvalue weighted by Gasteiger charge is -2.14. The zero-order valence-electron chi connectivity index (χ0n) is 12.1. The number of hydrogen-bond acceptors (Lipinski definition) is 6. The van der Waals surface area contributed by atoms with Crippen LogP contribution in [0.4, 0.5) is 11.4 Å². The van der Waals surface area contributed by atoms with Gasteiger partial charge in [0, 0.05) is 25.3 Å². The lowest BCUT2D eigenvalue weighted by molar-refractivity contribution is -0.384. The van der Waals surface area contributed by atoms with Crippen molar-refractivity contribution in [2.45, 2.75) is 19.1 Å². The number of diazo groups is 1. The molecule has 0 N–H and O–H groups in total. The first kappa shape index (κ1) is 15.5. The van der Waals surface area contributed by atoms with Crippen molar-refractivity contribution in [3.05, 3.63) is 62.8 Å². The predicted molar refractivity (Wildman–Crippen MR) is 79.1 cm³/mol. The summed E-state index contributed by atoms with van der Waals surface area (Å²) in [5, 5.41) is 27.7. The van der Waals surface area contributed by atoms with Crippen LogP contribution in [0, 0.1) is 15.5 Å². The third-order valence-corrected chi connectivity index (χ3v) is 3.22. The molecule has 1 aromatic rings. The number of nitrogens with zero attached hydrogens (tertiary/aromatic N) is 5. The first-order valence-electron chi connectivity index (χ1n) is 6.49. The molecule has 0 saturated heterocycles. The van der Waals surface area contributed by atoms with Gasteiger partial charge in [0.1, 0.15) is 4.98 Å². The standard InChI is InChI=1S/C14H14N5O3/c1-9-7-13(16-15)14(22-2)8-12(9)18-17-10-3-5-11(6-4-10)19(20)21/h3-8,13-14H,1-2H3/q+1. The molecule has 22 heavy (non-hydrogen) atoms. The number of azo groups is 1. The van der Waals surface area contributed by atoms with Crippen LogP contribution in [0.15, 0.2) is 57.9 Å². The summed E-state index contributed by atoms with van der Waals surface area (Å²) in [5.41, 5.74) is 1.91. The van der Waals surface area contributed by atoms with Gasteiger partial charge in [-0.3, -0.25) is 10.1 Å². The Morgan fingerprint density at radius 2 is 1.95 bits per heavy atom. The molecule has 0 spiro atoms. The summed E-state index contributed by atoms with van der Waals surface area (Å²) in [6, 6.07) is 5.30. The quantitative estimate of drug-likeness (QED) is 0.365. The van der Waals surface area contributed by atoms with Crippen molar-refractivity contribution in [1.82, 2.24) is 0 Å². The molecule has 2 unspecified atom stereocenters. The Kier molecular flexibility index (Phi) is 4.70. The fourth-order valence-corrected chi connectivity index (χ4v) is 1.99. The molecular formula is C14H14N5O3+. The first-order valence-corrected chi connectivity index (χ1v) is 6.49. The molecule has 0 aromatic heterocycles. The van der Waals surface area contributed by atoms with E-state index in [9.17, 15) is 10.1 Å². The number of rotatable bonds is 4. The summed E-state index contributed by atoms with van der Waals surface area (Å²) in [7, 11) is 1.51. The van der Waals surface area contributed by atoms with Gasteiger partial charge in [0.2, 0.25) is 5.39 Å². The molecule has 0 heterocycles. The summed E-state index contributed by atoms with van der Waals surface area (Å²) in [4.78, 5) is 13.4. The second kappa shape index (κ2) is 6.69. The number of nitro groups is 1. The molecule has 0 radical (unpaired) electrons. The van der Waals surface area contributed by atoms with Crippen molar-refractivity contribution in [1.29, 1.82) is 5.39 Å². The Hall–Kier alpha value is -2.92. The van der Waals surface area contributed by atoms with Crippen molar-refractivity contribution in [3.8, 4) is 0 Å². The highest BCUT2D eigenvalue weighted by Crippen LogP contribution is 2.26. The summed E-state index contributed by atoms with van der Waals surface area (Å²) in [5.74, 6) is 0. The minimum atomic E-state index is -0.473. The molecule has 0 fully saturated rings. The number of nitro benzene ring substituents is 1. The SMILES string of the molecule is COC1C=C(N=Nc2ccc([N+](=O)[O-])cc2)C(C)=CC1[N+]#N. The van der Waals surface area contributed by atoms with Crippen LogP contribution in [0.2, 0.25) is 0 Å². The van der Waals surface area contributed by atoms with Gasteiger partial charge in [-0.1, -0.05) is 0 Å². The number of ether oxygens (including phenoxy) is 1. The van der Waals surface area contributed by atoms with E-state index in [1.807, 2.05) is 6.92 Å². The van der Waals surface area contributed by atoms with Gasteiger partial charge in [-0.15, -0.1) is 0 Å². The highest BCUT2D eigenvalue weighted by atomic mass is 16.6. The Balaban J connectivity index is 2.19. The number of allylic oxidation sites excluding steroid dienone is 1. The van der Waals surface area contributed by atoms with Crippen molar-refractivity contribution in [2.24, 2.45) is 10.2 Å². The van der Waals surface area contributed by atoms with Crippen LogP contribution in [0.25, 0.3) is 4.98 Å². The molecule has 8 heteroatoms. The van der Waals surface area contributed by atoms with Crippen molar-refractivity contribution in [3.63, 3.8) is 0 Å². The lowest BCUT2D eigenvalue weighted by Crippen LogP contribution is -2.24. The molecule has 1 aromatic carbocycles. The number of methoxy groups -OCH3 is 1. The second-order valence-corrected chi connectivity index (χ2v) is 4.68. The largest absolute Gasteiger partial charge is 0.368 e. The van der Waals surface area contributed by atoms with Gasteiger partial charge >= 0.3 is 6.04 Å². The van der Waals surface area contributed by atoms with E-state index in [1.165, 1.54) is 31.4 Å². The molecule has 1 aliphatic carbocycles. The third-order valence-electron chi connectivity index (χ3n) is 3.22. The smallest absolute Gasteiger partial charge is 0.362 e. The molecule has 0 amide bonds. The molecule has 1 aliphatic rings. The van der Waals surface area contributed by atoms with E-state index in [1.54, 1.807) is 12.2 Å². The fourth-order valence-electron chi connectivity index (χ4n) is 1.99. The van der Waals surface area contributed by atoms with E-state index in [0.717, 1.165) is 5.57 Å². The van der Waals surface area contributed by atoms with Crippen molar-refractivity contribution >= 4 is 11.4 Å². The van der Waals surface area contributed by atoms with Crippen LogP contribution in [0.1, 0.15) is 6.92 Å². The maximum atomic E-state index is 10.6. The Labute approximate surface area is 126 Å². The normalized spacial score (nSPS) is 21.1. The third kappa shape index (κ3) is 3.39. The van der Waals surface area contributed by atoms with Crippen molar-refractivity contribution in [2.75, 3.05) is 7.11 Å². The van der Waals surface area contributed by atoms with E-state index in [2.05, 4.69) is 15.2 Å². The highest BCUT2D eigenvalue weighted by molar-refractivity contribution is 5.44. The van der Waals surface area contributed by atoms with E-state index in [4.69, 9.17) is 10.1 Å². The number of non-ortho nitro benzene ring substituents is 1. The summed E-state index contributed by atoms with van der Waals surface area (Å²) in [6.07, 6.45) is 3.03. The molecule has 112 valence electrons. The van der Waals surface area contributed by atoms with Gasteiger partial charge in [0.25, 0.3) is 5.69 Å². The monoisotopic (exact) mass is 300 g/mol. The number of hydrogen-bond donors (Lipinski definition) is 0. The van der Waals surface area contributed by atoms with E-state index in [-0.39, 0.29) is 5.69 Å². The van der Waals surface area contributed by atoms with Crippen LogP contribution in [0.3, 0.4) is 0 Å². The molecular weight excluding hydrogens is 286 g/mol. The molecule has 2 rings (SSSR count). The van der Waals surface area contributed by atoms with E-state index in [0.29, 0.717) is 11.4 Å². The maximum absolute atomic E-state index is 10.6. The molecule has 0 bridgehead atoms. The minimum Gasteiger partial charge on any atom is -0.368 e. The second-order valence-electron chi connectivity index (χ2n) is 4.68. The summed E-state index contributed by atoms with van der Waals surface area (Å²) in [6.45, 7) is 1.82. The summed E-state index contributed by atoms with van der Waals surface area (Å²) >= 11 is 0. The predicted octanol–water partition coefficient (Wildman–Crippen LogP) is 3.76. The van der Waals surface area contributed by atoms with Gasteiger partial charge in [-0.05, 0) is 30.7 Å². The summed E-state index contributed by atoms with van der Waals surface area (Å²) < 4.78 is 5.22. The van der Waals surface area contributed by atoms with Gasteiger partial charge < -0.3 is 4.74 Å². The Bertz CT molecular complexity index is 700. The average Bonchev–Trinajstić information content (AvgIpc) is 2.53. The van der Waals surface area contributed by atoms with Gasteiger partial charge in [0.05, 0.1) is 16.3 Å². The molecule has 2 atom stereocenters. The van der Waals surface area contributed by atoms with Crippen LogP contribution in [0.5, 0.6) is 0 Å². The Morgan fingerprint density at radius 1 is 1.27 bits per heavy atom. The zero-order valence-corrected chi connectivity index (χ0v) is 12.1. The fraction of sp³-hybridized carbons (Fsp3) is 0.286. The average molecular weight is 300 g/mol. The van der Waals surface area contributed by atoms with Crippen LogP contribution in [-0.2, 0) is 4.74 Å². The first-order chi connectivity index (χ1) is 10.5. The van der Waals surface area contributed by atoms with Crippen LogP contribution >= 0.6 is 0 Å². The zero-order chi connectivity index (χ0) is 16.1. The molecule has 0 saturated carbocycles. The lowest BCUT2D eigenvalue weighted by atomic mass is 9.99. The van der Waals surface area contributed by atoms with E-state index < -0.39 is 17.1 Å². The highest BCUT2D eigenvalue weighted by Gasteiger charge is 2.32. The van der Waals surface area contributed by atoms with Crippen LogP contribution in [-0.4, -0.2) is 24.2 Å². The number of benzene rings is 1. The van der Waals surface area contributed by atoms with Crippen LogP contribution < -0.4 is 0 Å². The Morgan fingerprint density at radius 3 is 2.50 bits per heavy atom. The topological polar surface area (TPSA) is 105 Å². The van der Waals surface area contributed by atoms with Gasteiger partial charge in [-0.25, -0.2) is 0 Å². The maximum Gasteiger partial charge on any atom is 0.362 e. The van der Waals surface area contributed by atoms with Gasteiger partial charge in [0.15, 0.2) is 6.10 Å².